The van der Waals surface area contributed by atoms with E-state index in [2.05, 4.69) is 30.4 Å². The number of hydrogen-bond donors (Lipinski definition) is 1. The summed E-state index contributed by atoms with van der Waals surface area (Å²) in [7, 11) is 0. The maximum Gasteiger partial charge on any atom is 0.0506 e. The molecule has 1 N–H and O–H groups in total. The molecular weight excluding hydrogens is 234 g/mol. The van der Waals surface area contributed by atoms with Crippen molar-refractivity contribution in [3.05, 3.63) is 34.9 Å². The van der Waals surface area contributed by atoms with E-state index >= 15 is 0 Å². The van der Waals surface area contributed by atoms with Gasteiger partial charge in [-0.15, -0.1) is 0 Å². The highest BCUT2D eigenvalue weighted by Gasteiger charge is 2.16. The van der Waals surface area contributed by atoms with Gasteiger partial charge in [0.2, 0.25) is 0 Å². The van der Waals surface area contributed by atoms with Gasteiger partial charge in [0.25, 0.3) is 0 Å². The summed E-state index contributed by atoms with van der Waals surface area (Å²) in [6.45, 7) is 5.25. The van der Waals surface area contributed by atoms with E-state index in [0.717, 1.165) is 19.8 Å². The van der Waals surface area contributed by atoms with Crippen LogP contribution in [-0.2, 0) is 17.6 Å². The predicted octanol–water partition coefficient (Wildman–Crippen LogP) is 3.25. The number of fused-ring (bicyclic) bond motifs is 1. The fourth-order valence-electron chi connectivity index (χ4n) is 3.29. The third-order valence-corrected chi connectivity index (χ3v) is 4.59. The molecule has 0 bridgehead atoms. The maximum absolute atomic E-state index is 5.54. The van der Waals surface area contributed by atoms with Gasteiger partial charge in [0, 0.05) is 19.2 Å². The third-order valence-electron chi connectivity index (χ3n) is 4.59. The number of ether oxygens (including phenoxy) is 1. The molecule has 0 saturated carbocycles. The Morgan fingerprint density at radius 1 is 1.26 bits per heavy atom. The van der Waals surface area contributed by atoms with E-state index in [-0.39, 0.29) is 0 Å². The predicted molar refractivity (Wildman–Crippen MR) is 78.4 cm³/mol. The van der Waals surface area contributed by atoms with E-state index in [4.69, 9.17) is 4.74 Å². The van der Waals surface area contributed by atoms with E-state index in [0.29, 0.717) is 12.0 Å². The third kappa shape index (κ3) is 3.18. The number of hydrogen-bond acceptors (Lipinski definition) is 2. The molecule has 1 fully saturated rings. The molecule has 1 aromatic rings. The van der Waals surface area contributed by atoms with Crippen molar-refractivity contribution < 1.29 is 4.74 Å². The molecule has 1 aliphatic carbocycles. The lowest BCUT2D eigenvalue weighted by Crippen LogP contribution is -2.30. The lowest BCUT2D eigenvalue weighted by molar-refractivity contribution is 0.0540. The zero-order valence-corrected chi connectivity index (χ0v) is 12.0. The van der Waals surface area contributed by atoms with Crippen molar-refractivity contribution in [3.63, 3.8) is 0 Å². The lowest BCUT2D eigenvalue weighted by atomic mass is 9.99. The van der Waals surface area contributed by atoms with Crippen molar-refractivity contribution in [3.8, 4) is 0 Å². The fraction of sp³-hybridized carbons (Fsp3) is 0.647. The zero-order valence-electron chi connectivity index (χ0n) is 12.0. The second kappa shape index (κ2) is 6.06. The molecule has 2 unspecified atom stereocenters. The number of benzene rings is 1. The normalized spacial score (nSPS) is 24.2. The average molecular weight is 259 g/mol. The molecule has 1 aliphatic heterocycles. The Morgan fingerprint density at radius 2 is 2.16 bits per heavy atom. The monoisotopic (exact) mass is 259 g/mol. The van der Waals surface area contributed by atoms with E-state index in [1.54, 1.807) is 11.1 Å². The molecule has 0 spiro atoms. The Balaban J connectivity index is 1.56. The van der Waals surface area contributed by atoms with Crippen molar-refractivity contribution >= 4 is 0 Å². The smallest absolute Gasteiger partial charge is 0.0506 e. The Morgan fingerprint density at radius 3 is 3.00 bits per heavy atom. The van der Waals surface area contributed by atoms with Gasteiger partial charge in [-0.25, -0.2) is 0 Å². The highest BCUT2D eigenvalue weighted by molar-refractivity contribution is 5.36. The standard InChI is InChI=1S/C17H25NO/c1-13(18-11-14-4-3-9-19-12-14)16-8-7-15-5-2-6-17(15)10-16/h7-8,10,13-14,18H,2-6,9,11-12H2,1H3. The van der Waals surface area contributed by atoms with Crippen LogP contribution in [0.5, 0.6) is 0 Å². The van der Waals surface area contributed by atoms with E-state index in [1.165, 1.54) is 37.7 Å². The molecular formula is C17H25NO. The highest BCUT2D eigenvalue weighted by atomic mass is 16.5. The zero-order chi connectivity index (χ0) is 13.1. The summed E-state index contributed by atoms with van der Waals surface area (Å²) in [5, 5.41) is 3.68. The molecule has 104 valence electrons. The second-order valence-electron chi connectivity index (χ2n) is 6.09. The van der Waals surface area contributed by atoms with Crippen LogP contribution in [0.4, 0.5) is 0 Å². The molecule has 1 heterocycles. The van der Waals surface area contributed by atoms with Crippen molar-refractivity contribution in [2.45, 2.75) is 45.1 Å². The summed E-state index contributed by atoms with van der Waals surface area (Å²) in [6.07, 6.45) is 6.41. The quantitative estimate of drug-likeness (QED) is 0.896. The Labute approximate surface area is 116 Å². The van der Waals surface area contributed by atoms with Crippen LogP contribution in [0.25, 0.3) is 0 Å². The first-order chi connectivity index (χ1) is 9.33. The van der Waals surface area contributed by atoms with Gasteiger partial charge in [-0.05, 0) is 61.6 Å². The van der Waals surface area contributed by atoms with Gasteiger partial charge in [-0.3, -0.25) is 0 Å². The number of nitrogens with one attached hydrogen (secondary N) is 1. The number of rotatable bonds is 4. The first kappa shape index (κ1) is 13.1. The summed E-state index contributed by atoms with van der Waals surface area (Å²) < 4.78 is 5.54. The van der Waals surface area contributed by atoms with Crippen LogP contribution in [0.1, 0.15) is 48.9 Å². The molecule has 2 nitrogen and oxygen atoms in total. The molecule has 2 aliphatic rings. The van der Waals surface area contributed by atoms with Crippen LogP contribution >= 0.6 is 0 Å². The fourth-order valence-corrected chi connectivity index (χ4v) is 3.29. The molecule has 3 rings (SSSR count). The van der Waals surface area contributed by atoms with Crippen molar-refractivity contribution in [1.82, 2.24) is 5.32 Å². The van der Waals surface area contributed by atoms with Crippen LogP contribution in [0.15, 0.2) is 18.2 Å². The minimum Gasteiger partial charge on any atom is -0.381 e. The molecule has 19 heavy (non-hydrogen) atoms. The van der Waals surface area contributed by atoms with Gasteiger partial charge >= 0.3 is 0 Å². The van der Waals surface area contributed by atoms with Gasteiger partial charge in [0.1, 0.15) is 0 Å². The SMILES string of the molecule is CC(NCC1CCCOC1)c1ccc2c(c1)CCC2. The molecule has 0 amide bonds. The molecule has 1 aromatic carbocycles. The molecule has 0 aromatic heterocycles. The summed E-state index contributed by atoms with van der Waals surface area (Å²) >= 11 is 0. The van der Waals surface area contributed by atoms with Crippen LogP contribution in [0.2, 0.25) is 0 Å². The summed E-state index contributed by atoms with van der Waals surface area (Å²) in [6, 6.07) is 7.50. The molecule has 1 saturated heterocycles. The lowest BCUT2D eigenvalue weighted by Gasteiger charge is -2.24. The van der Waals surface area contributed by atoms with Crippen LogP contribution in [-0.4, -0.2) is 19.8 Å². The van der Waals surface area contributed by atoms with Gasteiger partial charge in [0.05, 0.1) is 6.61 Å². The molecule has 2 heteroatoms. The van der Waals surface area contributed by atoms with Crippen LogP contribution < -0.4 is 5.32 Å². The van der Waals surface area contributed by atoms with Crippen molar-refractivity contribution in [2.24, 2.45) is 5.92 Å². The minimum absolute atomic E-state index is 0.452. The van der Waals surface area contributed by atoms with E-state index in [1.807, 2.05) is 0 Å². The summed E-state index contributed by atoms with van der Waals surface area (Å²) in [5.74, 6) is 0.700. The maximum atomic E-state index is 5.54. The highest BCUT2D eigenvalue weighted by Crippen LogP contribution is 2.25. The van der Waals surface area contributed by atoms with Crippen molar-refractivity contribution in [1.29, 1.82) is 0 Å². The Bertz CT molecular complexity index is 423. The minimum atomic E-state index is 0.452. The van der Waals surface area contributed by atoms with E-state index in [9.17, 15) is 0 Å². The van der Waals surface area contributed by atoms with Crippen LogP contribution in [0, 0.1) is 5.92 Å². The summed E-state index contributed by atoms with van der Waals surface area (Å²) in [5.41, 5.74) is 4.58. The number of aryl methyl sites for hydroxylation is 2. The van der Waals surface area contributed by atoms with Crippen molar-refractivity contribution in [2.75, 3.05) is 19.8 Å². The first-order valence-electron chi connectivity index (χ1n) is 7.76. The van der Waals surface area contributed by atoms with E-state index < -0.39 is 0 Å². The molecule has 0 radical (unpaired) electrons. The Kier molecular flexibility index (Phi) is 4.19. The molecule has 2 atom stereocenters. The van der Waals surface area contributed by atoms with Crippen LogP contribution in [0.3, 0.4) is 0 Å². The largest absolute Gasteiger partial charge is 0.381 e. The average Bonchev–Trinajstić information content (AvgIpc) is 2.93. The van der Waals surface area contributed by atoms with Gasteiger partial charge in [-0.2, -0.15) is 0 Å². The first-order valence-corrected chi connectivity index (χ1v) is 7.76. The second-order valence-corrected chi connectivity index (χ2v) is 6.09. The Hall–Kier alpha value is -0.860. The van der Waals surface area contributed by atoms with Gasteiger partial charge in [0.15, 0.2) is 0 Å². The topological polar surface area (TPSA) is 21.3 Å². The summed E-state index contributed by atoms with van der Waals surface area (Å²) in [4.78, 5) is 0. The van der Waals surface area contributed by atoms with Gasteiger partial charge in [-0.1, -0.05) is 18.2 Å². The van der Waals surface area contributed by atoms with Gasteiger partial charge < -0.3 is 10.1 Å².